The highest BCUT2D eigenvalue weighted by atomic mass is 32.1. The quantitative estimate of drug-likeness (QED) is 0.933. The number of carbonyl (C=O) groups is 1. The lowest BCUT2D eigenvalue weighted by Crippen LogP contribution is -2.40. The van der Waals surface area contributed by atoms with Gasteiger partial charge in [-0.1, -0.05) is 11.2 Å². The van der Waals surface area contributed by atoms with Crippen LogP contribution in [0, 0.1) is 19.8 Å². The topological polar surface area (TPSA) is 66.6 Å². The summed E-state index contributed by atoms with van der Waals surface area (Å²) < 4.78 is 5.12. The molecule has 1 aliphatic rings. The van der Waals surface area contributed by atoms with Gasteiger partial charge in [0, 0.05) is 23.5 Å². The van der Waals surface area contributed by atoms with Crippen LogP contribution in [0.15, 0.2) is 22.0 Å². The highest BCUT2D eigenvalue weighted by Crippen LogP contribution is 2.33. The summed E-state index contributed by atoms with van der Waals surface area (Å²) >= 11 is 1.59. The fraction of sp³-hybridized carbons (Fsp3) is 0.529. The molecule has 1 unspecified atom stereocenters. The standard InChI is InChI=1S/C17H22N2O3S/c1-11-14(12(2)22-18-11)10-16(20)19-7-5-13(6-8-19)17(21)15-4-3-9-23-15/h3-4,9,13,17,21H,5-8,10H2,1-2H3. The molecule has 0 aromatic carbocycles. The van der Waals surface area contributed by atoms with Gasteiger partial charge in [-0.05, 0) is 44.1 Å². The number of hydrogen-bond acceptors (Lipinski definition) is 5. The maximum atomic E-state index is 12.5. The Hall–Kier alpha value is -1.66. The van der Waals surface area contributed by atoms with Crippen molar-refractivity contribution in [2.24, 2.45) is 5.92 Å². The summed E-state index contributed by atoms with van der Waals surface area (Å²) in [4.78, 5) is 15.4. The van der Waals surface area contributed by atoms with Crippen LogP contribution in [0.2, 0.25) is 0 Å². The highest BCUT2D eigenvalue weighted by molar-refractivity contribution is 7.10. The number of piperidine rings is 1. The number of aryl methyl sites for hydroxylation is 2. The van der Waals surface area contributed by atoms with E-state index in [2.05, 4.69) is 5.16 Å². The van der Waals surface area contributed by atoms with Crippen molar-refractivity contribution in [1.82, 2.24) is 10.1 Å². The van der Waals surface area contributed by atoms with E-state index >= 15 is 0 Å². The second-order valence-corrected chi connectivity index (χ2v) is 7.14. The van der Waals surface area contributed by atoms with E-state index in [9.17, 15) is 9.90 Å². The summed E-state index contributed by atoms with van der Waals surface area (Å²) in [5, 5.41) is 16.3. The SMILES string of the molecule is Cc1noc(C)c1CC(=O)N1CCC(C(O)c2cccs2)CC1. The Morgan fingerprint density at radius 2 is 2.22 bits per heavy atom. The first-order chi connectivity index (χ1) is 11.1. The van der Waals surface area contributed by atoms with Gasteiger partial charge in [-0.15, -0.1) is 11.3 Å². The van der Waals surface area contributed by atoms with Crippen LogP contribution in [-0.2, 0) is 11.2 Å². The van der Waals surface area contributed by atoms with Crippen molar-refractivity contribution in [3.8, 4) is 0 Å². The number of nitrogens with zero attached hydrogens (tertiary/aromatic N) is 2. The molecule has 1 fully saturated rings. The molecule has 1 aliphatic heterocycles. The van der Waals surface area contributed by atoms with Gasteiger partial charge in [-0.25, -0.2) is 0 Å². The molecule has 1 atom stereocenters. The molecule has 3 heterocycles. The molecule has 0 spiro atoms. The van der Waals surface area contributed by atoms with Crippen LogP contribution in [0.4, 0.5) is 0 Å². The van der Waals surface area contributed by atoms with Gasteiger partial charge in [0.25, 0.3) is 0 Å². The van der Waals surface area contributed by atoms with Gasteiger partial charge >= 0.3 is 0 Å². The van der Waals surface area contributed by atoms with Crippen molar-refractivity contribution in [3.63, 3.8) is 0 Å². The first-order valence-electron chi connectivity index (χ1n) is 7.97. The molecule has 1 N–H and O–H groups in total. The van der Waals surface area contributed by atoms with Gasteiger partial charge in [0.15, 0.2) is 0 Å². The summed E-state index contributed by atoms with van der Waals surface area (Å²) in [6, 6.07) is 3.94. The molecule has 124 valence electrons. The zero-order valence-electron chi connectivity index (χ0n) is 13.5. The first-order valence-corrected chi connectivity index (χ1v) is 8.85. The lowest BCUT2D eigenvalue weighted by atomic mass is 9.90. The van der Waals surface area contributed by atoms with Crippen LogP contribution in [0.5, 0.6) is 0 Å². The Morgan fingerprint density at radius 3 is 2.78 bits per heavy atom. The summed E-state index contributed by atoms with van der Waals surface area (Å²) in [5.74, 6) is 1.07. The third-order valence-corrected chi connectivity index (χ3v) is 5.63. The van der Waals surface area contributed by atoms with E-state index in [0.717, 1.165) is 34.7 Å². The highest BCUT2D eigenvalue weighted by Gasteiger charge is 2.29. The van der Waals surface area contributed by atoms with Crippen molar-refractivity contribution in [3.05, 3.63) is 39.4 Å². The first kappa shape index (κ1) is 16.2. The molecule has 0 aliphatic carbocycles. The Balaban J connectivity index is 1.55. The monoisotopic (exact) mass is 334 g/mol. The Bertz CT molecular complexity index is 638. The molecule has 5 nitrogen and oxygen atoms in total. The molecule has 0 radical (unpaired) electrons. The predicted octanol–water partition coefficient (Wildman–Crippen LogP) is 2.87. The number of amides is 1. The van der Waals surface area contributed by atoms with Crippen molar-refractivity contribution < 1.29 is 14.4 Å². The minimum atomic E-state index is -0.408. The summed E-state index contributed by atoms with van der Waals surface area (Å²) in [6.07, 6.45) is 1.62. The predicted molar refractivity (Wildman–Crippen MR) is 88.3 cm³/mol. The fourth-order valence-corrected chi connectivity index (χ4v) is 3.98. The summed E-state index contributed by atoms with van der Waals surface area (Å²) in [5.41, 5.74) is 1.69. The number of likely N-dealkylation sites (tertiary alicyclic amines) is 1. The van der Waals surface area contributed by atoms with Crippen LogP contribution in [0.1, 0.15) is 40.8 Å². The van der Waals surface area contributed by atoms with Gasteiger partial charge < -0.3 is 14.5 Å². The van der Waals surface area contributed by atoms with Crippen molar-refractivity contribution >= 4 is 17.2 Å². The largest absolute Gasteiger partial charge is 0.387 e. The summed E-state index contributed by atoms with van der Waals surface area (Å²) in [7, 11) is 0. The lowest BCUT2D eigenvalue weighted by molar-refractivity contribution is -0.132. The number of aromatic nitrogens is 1. The molecular weight excluding hydrogens is 312 g/mol. The maximum absolute atomic E-state index is 12.5. The van der Waals surface area contributed by atoms with E-state index in [1.807, 2.05) is 36.3 Å². The van der Waals surface area contributed by atoms with E-state index in [4.69, 9.17) is 4.52 Å². The molecule has 1 amide bonds. The molecule has 2 aromatic heterocycles. The van der Waals surface area contributed by atoms with Crippen LogP contribution in [0.3, 0.4) is 0 Å². The normalized spacial score (nSPS) is 17.4. The Morgan fingerprint density at radius 1 is 1.48 bits per heavy atom. The van der Waals surface area contributed by atoms with Crippen LogP contribution < -0.4 is 0 Å². The van der Waals surface area contributed by atoms with Crippen molar-refractivity contribution in [2.75, 3.05) is 13.1 Å². The number of hydrogen-bond donors (Lipinski definition) is 1. The lowest BCUT2D eigenvalue weighted by Gasteiger charge is -2.34. The maximum Gasteiger partial charge on any atom is 0.227 e. The van der Waals surface area contributed by atoms with Gasteiger partial charge in [0.2, 0.25) is 5.91 Å². The van der Waals surface area contributed by atoms with Crippen LogP contribution in [-0.4, -0.2) is 34.2 Å². The number of carbonyl (C=O) groups excluding carboxylic acids is 1. The van der Waals surface area contributed by atoms with E-state index in [1.54, 1.807) is 11.3 Å². The van der Waals surface area contributed by atoms with E-state index in [-0.39, 0.29) is 11.8 Å². The Kier molecular flexibility index (Phi) is 4.82. The van der Waals surface area contributed by atoms with E-state index < -0.39 is 6.10 Å². The van der Waals surface area contributed by atoms with Gasteiger partial charge in [0.05, 0.1) is 18.2 Å². The second kappa shape index (κ2) is 6.84. The molecule has 23 heavy (non-hydrogen) atoms. The average Bonchev–Trinajstić information content (AvgIpc) is 3.20. The molecule has 2 aromatic rings. The zero-order chi connectivity index (χ0) is 16.4. The fourth-order valence-electron chi connectivity index (χ4n) is 3.17. The second-order valence-electron chi connectivity index (χ2n) is 6.16. The number of thiophene rings is 1. The van der Waals surface area contributed by atoms with Crippen LogP contribution in [0.25, 0.3) is 0 Å². The zero-order valence-corrected chi connectivity index (χ0v) is 14.3. The molecule has 0 saturated carbocycles. The number of aliphatic hydroxyl groups is 1. The molecule has 6 heteroatoms. The Labute approximate surface area is 139 Å². The summed E-state index contributed by atoms with van der Waals surface area (Å²) in [6.45, 7) is 5.11. The van der Waals surface area contributed by atoms with E-state index in [1.165, 1.54) is 0 Å². The number of rotatable bonds is 4. The number of aliphatic hydroxyl groups excluding tert-OH is 1. The van der Waals surface area contributed by atoms with Gasteiger partial charge in [0.1, 0.15) is 5.76 Å². The van der Waals surface area contributed by atoms with Crippen LogP contribution >= 0.6 is 11.3 Å². The third kappa shape index (κ3) is 3.48. The third-order valence-electron chi connectivity index (χ3n) is 4.68. The average molecular weight is 334 g/mol. The minimum Gasteiger partial charge on any atom is -0.387 e. The minimum absolute atomic E-state index is 0.114. The molecule has 0 bridgehead atoms. The van der Waals surface area contributed by atoms with Crippen molar-refractivity contribution in [2.45, 2.75) is 39.2 Å². The van der Waals surface area contributed by atoms with E-state index in [0.29, 0.717) is 19.5 Å². The van der Waals surface area contributed by atoms with Gasteiger partial charge in [-0.2, -0.15) is 0 Å². The smallest absolute Gasteiger partial charge is 0.227 e. The molecule has 3 rings (SSSR count). The molecular formula is C17H22N2O3S. The van der Waals surface area contributed by atoms with Crippen molar-refractivity contribution in [1.29, 1.82) is 0 Å². The van der Waals surface area contributed by atoms with Gasteiger partial charge in [-0.3, -0.25) is 4.79 Å². The molecule has 1 saturated heterocycles.